The molecule has 0 atom stereocenters. The van der Waals surface area contributed by atoms with Gasteiger partial charge in [-0.15, -0.1) is 0 Å². The van der Waals surface area contributed by atoms with Crippen LogP contribution in [0.4, 0.5) is 13.2 Å². The van der Waals surface area contributed by atoms with Crippen molar-refractivity contribution in [2.24, 2.45) is 0 Å². The van der Waals surface area contributed by atoms with Crippen molar-refractivity contribution in [1.29, 1.82) is 0 Å². The van der Waals surface area contributed by atoms with Gasteiger partial charge in [-0.25, -0.2) is 0 Å². The highest BCUT2D eigenvalue weighted by molar-refractivity contribution is 5.63. The largest absolute Gasteiger partial charge is 0.488 e. The van der Waals surface area contributed by atoms with Gasteiger partial charge in [0.15, 0.2) is 0 Å². The third-order valence-electron chi connectivity index (χ3n) is 3.62. The maximum Gasteiger partial charge on any atom is 0.419 e. The summed E-state index contributed by atoms with van der Waals surface area (Å²) in [5, 5.41) is 0. The number of halogens is 3. The van der Waals surface area contributed by atoms with Gasteiger partial charge in [0.05, 0.1) is 5.56 Å². The van der Waals surface area contributed by atoms with Crippen LogP contribution in [0.5, 0.6) is 5.75 Å². The van der Waals surface area contributed by atoms with Crippen LogP contribution >= 0.6 is 0 Å². The quantitative estimate of drug-likeness (QED) is 0.575. The van der Waals surface area contributed by atoms with Gasteiger partial charge in [0.25, 0.3) is 0 Å². The van der Waals surface area contributed by atoms with E-state index in [-0.39, 0.29) is 12.4 Å². The maximum absolute atomic E-state index is 13.0. The molecule has 0 saturated heterocycles. The molecule has 3 rings (SSSR count). The lowest BCUT2D eigenvalue weighted by molar-refractivity contribution is -0.139. The summed E-state index contributed by atoms with van der Waals surface area (Å²) in [5.41, 5.74) is 2.10. The van der Waals surface area contributed by atoms with Crippen LogP contribution in [0.15, 0.2) is 78.9 Å². The number of ether oxygens (including phenoxy) is 1. The van der Waals surface area contributed by atoms with E-state index in [1.165, 1.54) is 18.2 Å². The van der Waals surface area contributed by atoms with Gasteiger partial charge in [-0.2, -0.15) is 13.2 Å². The second-order valence-corrected chi connectivity index (χ2v) is 5.35. The van der Waals surface area contributed by atoms with Gasteiger partial charge >= 0.3 is 6.18 Å². The van der Waals surface area contributed by atoms with Gasteiger partial charge in [0.1, 0.15) is 12.4 Å². The first-order valence-corrected chi connectivity index (χ1v) is 7.47. The summed E-state index contributed by atoms with van der Waals surface area (Å²) in [7, 11) is 0. The molecule has 4 heteroatoms. The predicted molar refractivity (Wildman–Crippen MR) is 87.7 cm³/mol. The van der Waals surface area contributed by atoms with Crippen molar-refractivity contribution in [3.05, 3.63) is 90.0 Å². The molecule has 0 aromatic heterocycles. The number of para-hydroxylation sites is 1. The lowest BCUT2D eigenvalue weighted by atomic mass is 10.0. The Kier molecular flexibility index (Phi) is 4.56. The van der Waals surface area contributed by atoms with Crippen LogP contribution in [0.3, 0.4) is 0 Å². The summed E-state index contributed by atoms with van der Waals surface area (Å²) in [4.78, 5) is 0. The molecule has 3 aromatic rings. The first-order chi connectivity index (χ1) is 11.5. The first-order valence-electron chi connectivity index (χ1n) is 7.47. The SMILES string of the molecule is FC(F)(F)c1ccccc1OCc1cccc(-c2ccccc2)c1. The smallest absolute Gasteiger partial charge is 0.419 e. The standard InChI is InChI=1S/C20H15F3O/c21-20(22,23)18-11-4-5-12-19(18)24-14-15-7-6-10-17(13-15)16-8-2-1-3-9-16/h1-13H,14H2. The van der Waals surface area contributed by atoms with E-state index in [1.807, 2.05) is 54.6 Å². The van der Waals surface area contributed by atoms with E-state index in [0.717, 1.165) is 22.8 Å². The molecule has 3 aromatic carbocycles. The van der Waals surface area contributed by atoms with Crippen molar-refractivity contribution < 1.29 is 17.9 Å². The molecule has 0 N–H and O–H groups in total. The Bertz CT molecular complexity index is 810. The Hall–Kier alpha value is -2.75. The fourth-order valence-corrected chi connectivity index (χ4v) is 2.46. The van der Waals surface area contributed by atoms with Crippen molar-refractivity contribution in [3.8, 4) is 16.9 Å². The molecule has 0 aliphatic rings. The maximum atomic E-state index is 13.0. The number of rotatable bonds is 4. The van der Waals surface area contributed by atoms with E-state index in [4.69, 9.17) is 4.74 Å². The van der Waals surface area contributed by atoms with Gasteiger partial charge in [-0.05, 0) is 34.9 Å². The Morgan fingerprint density at radius 1 is 0.708 bits per heavy atom. The number of hydrogen-bond donors (Lipinski definition) is 0. The third-order valence-corrected chi connectivity index (χ3v) is 3.62. The zero-order valence-corrected chi connectivity index (χ0v) is 12.8. The van der Waals surface area contributed by atoms with Crippen LogP contribution in [0.2, 0.25) is 0 Å². The number of benzene rings is 3. The minimum Gasteiger partial charge on any atom is -0.488 e. The highest BCUT2D eigenvalue weighted by Crippen LogP contribution is 2.36. The minimum atomic E-state index is -4.43. The van der Waals surface area contributed by atoms with E-state index in [2.05, 4.69) is 0 Å². The number of alkyl halides is 3. The van der Waals surface area contributed by atoms with E-state index < -0.39 is 11.7 Å². The summed E-state index contributed by atoms with van der Waals surface area (Å²) < 4.78 is 44.4. The average molecular weight is 328 g/mol. The van der Waals surface area contributed by atoms with Crippen LogP contribution in [-0.2, 0) is 12.8 Å². The summed E-state index contributed by atoms with van der Waals surface area (Å²) in [6.45, 7) is 0.0771. The lowest BCUT2D eigenvalue weighted by Crippen LogP contribution is -2.08. The summed E-state index contributed by atoms with van der Waals surface area (Å²) >= 11 is 0. The van der Waals surface area contributed by atoms with E-state index in [0.29, 0.717) is 0 Å². The molecular weight excluding hydrogens is 313 g/mol. The molecule has 122 valence electrons. The molecule has 24 heavy (non-hydrogen) atoms. The molecule has 0 heterocycles. The van der Waals surface area contributed by atoms with Gasteiger partial charge in [-0.3, -0.25) is 0 Å². The molecule has 0 aliphatic carbocycles. The topological polar surface area (TPSA) is 9.23 Å². The molecule has 0 unspecified atom stereocenters. The lowest BCUT2D eigenvalue weighted by Gasteiger charge is -2.14. The van der Waals surface area contributed by atoms with Gasteiger partial charge in [-0.1, -0.05) is 60.7 Å². The Labute approximate surface area is 138 Å². The van der Waals surface area contributed by atoms with E-state index >= 15 is 0 Å². The highest BCUT2D eigenvalue weighted by atomic mass is 19.4. The molecule has 0 spiro atoms. The average Bonchev–Trinajstić information content (AvgIpc) is 2.60. The van der Waals surface area contributed by atoms with Crippen LogP contribution in [0.25, 0.3) is 11.1 Å². The van der Waals surface area contributed by atoms with E-state index in [9.17, 15) is 13.2 Å². The fourth-order valence-electron chi connectivity index (χ4n) is 2.46. The predicted octanol–water partition coefficient (Wildman–Crippen LogP) is 5.95. The van der Waals surface area contributed by atoms with Crippen molar-refractivity contribution >= 4 is 0 Å². The Morgan fingerprint density at radius 2 is 1.38 bits per heavy atom. The molecule has 0 saturated carbocycles. The first kappa shape index (κ1) is 16.1. The van der Waals surface area contributed by atoms with Crippen LogP contribution < -0.4 is 4.74 Å². The molecule has 0 amide bonds. The second-order valence-electron chi connectivity index (χ2n) is 5.35. The van der Waals surface area contributed by atoms with Gasteiger partial charge in [0.2, 0.25) is 0 Å². The molecular formula is C20H15F3O. The summed E-state index contributed by atoms with van der Waals surface area (Å²) in [6.07, 6.45) is -4.43. The molecule has 0 aliphatic heterocycles. The monoisotopic (exact) mass is 328 g/mol. The normalized spacial score (nSPS) is 11.3. The molecule has 0 bridgehead atoms. The van der Waals surface area contributed by atoms with E-state index in [1.54, 1.807) is 0 Å². The summed E-state index contributed by atoms with van der Waals surface area (Å²) in [6, 6.07) is 22.6. The van der Waals surface area contributed by atoms with Crippen molar-refractivity contribution in [3.63, 3.8) is 0 Å². The van der Waals surface area contributed by atoms with Crippen LogP contribution in [0, 0.1) is 0 Å². The number of hydrogen-bond acceptors (Lipinski definition) is 1. The van der Waals surface area contributed by atoms with Crippen LogP contribution in [0.1, 0.15) is 11.1 Å². The Morgan fingerprint density at radius 3 is 2.12 bits per heavy atom. The molecule has 1 nitrogen and oxygen atoms in total. The van der Waals surface area contributed by atoms with Crippen molar-refractivity contribution in [1.82, 2.24) is 0 Å². The highest BCUT2D eigenvalue weighted by Gasteiger charge is 2.33. The fraction of sp³-hybridized carbons (Fsp3) is 0.100. The molecule has 0 fully saturated rings. The zero-order chi connectivity index (χ0) is 17.0. The van der Waals surface area contributed by atoms with Crippen molar-refractivity contribution in [2.75, 3.05) is 0 Å². The van der Waals surface area contributed by atoms with Crippen LogP contribution in [-0.4, -0.2) is 0 Å². The molecule has 0 radical (unpaired) electrons. The third kappa shape index (κ3) is 3.77. The van der Waals surface area contributed by atoms with Gasteiger partial charge in [0, 0.05) is 0 Å². The second kappa shape index (κ2) is 6.79. The van der Waals surface area contributed by atoms with Gasteiger partial charge < -0.3 is 4.74 Å². The van der Waals surface area contributed by atoms with Crippen molar-refractivity contribution in [2.45, 2.75) is 12.8 Å². The zero-order valence-electron chi connectivity index (χ0n) is 12.8. The summed E-state index contributed by atoms with van der Waals surface area (Å²) in [5.74, 6) is -0.157. The Balaban J connectivity index is 1.79. The minimum absolute atomic E-state index is 0.0771.